The number of halogens is 1. The molecule has 0 saturated heterocycles. The first-order valence-electron chi connectivity index (χ1n) is 10.2. The molecule has 0 aliphatic rings. The maximum Gasteiger partial charge on any atom is 0.251 e. The molecule has 32 heavy (non-hydrogen) atoms. The SMILES string of the molecule is Cc1c(Cl)cccc1NC(=O)CSc1nnc([C@@H](NC(=O)c2ccccc2)C(C)C)n1C. The zero-order valence-corrected chi connectivity index (χ0v) is 20.0. The second-order valence-corrected chi connectivity index (χ2v) is 9.06. The number of aromatic nitrogens is 3. The molecule has 1 aromatic heterocycles. The fourth-order valence-corrected chi connectivity index (χ4v) is 4.02. The fraction of sp³-hybridized carbons (Fsp3) is 0.304. The maximum atomic E-state index is 12.7. The summed E-state index contributed by atoms with van der Waals surface area (Å²) in [5, 5.41) is 15.7. The Balaban J connectivity index is 1.67. The molecule has 0 fully saturated rings. The fourth-order valence-electron chi connectivity index (χ4n) is 3.13. The van der Waals surface area contributed by atoms with Gasteiger partial charge in [0.25, 0.3) is 5.91 Å². The largest absolute Gasteiger partial charge is 0.342 e. The quantitative estimate of drug-likeness (QED) is 0.467. The molecule has 0 unspecified atom stereocenters. The summed E-state index contributed by atoms with van der Waals surface area (Å²) in [5.41, 5.74) is 2.09. The van der Waals surface area contributed by atoms with Gasteiger partial charge in [-0.3, -0.25) is 9.59 Å². The van der Waals surface area contributed by atoms with Crippen molar-refractivity contribution in [2.24, 2.45) is 13.0 Å². The van der Waals surface area contributed by atoms with Crippen LogP contribution in [0.5, 0.6) is 0 Å². The van der Waals surface area contributed by atoms with E-state index in [-0.39, 0.29) is 29.5 Å². The van der Waals surface area contributed by atoms with Crippen molar-refractivity contribution in [3.05, 3.63) is 70.5 Å². The molecule has 3 rings (SSSR count). The molecule has 2 N–H and O–H groups in total. The van der Waals surface area contributed by atoms with Gasteiger partial charge in [-0.25, -0.2) is 0 Å². The van der Waals surface area contributed by atoms with Crippen LogP contribution in [0, 0.1) is 12.8 Å². The third-order valence-corrected chi connectivity index (χ3v) is 6.44. The Morgan fingerprint density at radius 3 is 2.50 bits per heavy atom. The van der Waals surface area contributed by atoms with Gasteiger partial charge in [-0.15, -0.1) is 10.2 Å². The van der Waals surface area contributed by atoms with Gasteiger partial charge >= 0.3 is 0 Å². The zero-order valence-electron chi connectivity index (χ0n) is 18.4. The van der Waals surface area contributed by atoms with Crippen molar-refractivity contribution in [1.82, 2.24) is 20.1 Å². The Morgan fingerprint density at radius 2 is 1.81 bits per heavy atom. The summed E-state index contributed by atoms with van der Waals surface area (Å²) in [7, 11) is 1.83. The van der Waals surface area contributed by atoms with Crippen LogP contribution in [0.1, 0.15) is 41.6 Å². The zero-order chi connectivity index (χ0) is 23.3. The van der Waals surface area contributed by atoms with Crippen molar-refractivity contribution >= 4 is 40.9 Å². The molecule has 0 radical (unpaired) electrons. The van der Waals surface area contributed by atoms with Crippen LogP contribution in [0.4, 0.5) is 5.69 Å². The van der Waals surface area contributed by atoms with Crippen LogP contribution >= 0.6 is 23.4 Å². The normalized spacial score (nSPS) is 11.9. The van der Waals surface area contributed by atoms with Gasteiger partial charge in [0.15, 0.2) is 11.0 Å². The molecule has 1 atom stereocenters. The minimum Gasteiger partial charge on any atom is -0.342 e. The van der Waals surface area contributed by atoms with Gasteiger partial charge in [0, 0.05) is 23.3 Å². The molecule has 1 heterocycles. The molecule has 2 amide bonds. The Bertz CT molecular complexity index is 1100. The maximum absolute atomic E-state index is 12.7. The second-order valence-electron chi connectivity index (χ2n) is 7.71. The summed E-state index contributed by atoms with van der Waals surface area (Å²) in [5.74, 6) is 0.566. The van der Waals surface area contributed by atoms with Gasteiger partial charge in [0.05, 0.1) is 11.8 Å². The molecule has 168 valence electrons. The number of nitrogens with zero attached hydrogens (tertiary/aromatic N) is 3. The van der Waals surface area contributed by atoms with Gasteiger partial charge in [-0.2, -0.15) is 0 Å². The number of thioether (sulfide) groups is 1. The predicted octanol–water partition coefficient (Wildman–Crippen LogP) is 4.63. The van der Waals surface area contributed by atoms with E-state index in [1.165, 1.54) is 11.8 Å². The van der Waals surface area contributed by atoms with Gasteiger partial charge in [0.2, 0.25) is 5.91 Å². The van der Waals surface area contributed by atoms with Crippen LogP contribution in [-0.4, -0.2) is 32.3 Å². The minimum absolute atomic E-state index is 0.0949. The Hall–Kier alpha value is -2.84. The van der Waals surface area contributed by atoms with E-state index in [0.717, 1.165) is 5.56 Å². The average Bonchev–Trinajstić information content (AvgIpc) is 3.14. The van der Waals surface area contributed by atoms with Crippen molar-refractivity contribution < 1.29 is 9.59 Å². The van der Waals surface area contributed by atoms with Gasteiger partial charge in [-0.05, 0) is 42.7 Å². The number of nitrogens with one attached hydrogen (secondary N) is 2. The summed E-state index contributed by atoms with van der Waals surface area (Å²) >= 11 is 7.40. The number of anilines is 1. The molecule has 7 nitrogen and oxygen atoms in total. The van der Waals surface area contributed by atoms with Gasteiger partial charge in [-0.1, -0.05) is 61.5 Å². The van der Waals surface area contributed by atoms with E-state index >= 15 is 0 Å². The van der Waals surface area contributed by atoms with E-state index in [1.807, 2.05) is 56.7 Å². The summed E-state index contributed by atoms with van der Waals surface area (Å²) in [4.78, 5) is 25.1. The predicted molar refractivity (Wildman–Crippen MR) is 128 cm³/mol. The summed E-state index contributed by atoms with van der Waals surface area (Å²) in [6.45, 7) is 5.88. The highest BCUT2D eigenvalue weighted by Gasteiger charge is 2.25. The number of hydrogen-bond acceptors (Lipinski definition) is 5. The molecule has 0 aliphatic carbocycles. The summed E-state index contributed by atoms with van der Waals surface area (Å²) in [6, 6.07) is 14.1. The van der Waals surface area contributed by atoms with Crippen molar-refractivity contribution in [2.45, 2.75) is 32.0 Å². The Kier molecular flexibility index (Phi) is 7.93. The van der Waals surface area contributed by atoms with Crippen molar-refractivity contribution in [3.63, 3.8) is 0 Å². The number of benzene rings is 2. The Morgan fingerprint density at radius 1 is 1.09 bits per heavy atom. The molecule has 9 heteroatoms. The lowest BCUT2D eigenvalue weighted by Gasteiger charge is -2.21. The van der Waals surface area contributed by atoms with Gasteiger partial charge < -0.3 is 15.2 Å². The lowest BCUT2D eigenvalue weighted by molar-refractivity contribution is -0.113. The minimum atomic E-state index is -0.322. The van der Waals surface area contributed by atoms with Crippen LogP contribution in [0.3, 0.4) is 0 Å². The van der Waals surface area contributed by atoms with E-state index in [9.17, 15) is 9.59 Å². The van der Waals surface area contributed by atoms with Crippen LogP contribution in [0.2, 0.25) is 5.02 Å². The lowest BCUT2D eigenvalue weighted by atomic mass is 10.0. The smallest absolute Gasteiger partial charge is 0.251 e. The molecule has 0 saturated carbocycles. The van der Waals surface area contributed by atoms with E-state index in [4.69, 9.17) is 11.6 Å². The molecule has 0 aliphatic heterocycles. The highest BCUT2D eigenvalue weighted by molar-refractivity contribution is 7.99. The third kappa shape index (κ3) is 5.69. The van der Waals surface area contributed by atoms with Crippen molar-refractivity contribution in [1.29, 1.82) is 0 Å². The number of carbonyl (C=O) groups excluding carboxylic acids is 2. The van der Waals surface area contributed by atoms with Crippen LogP contribution in [0.15, 0.2) is 53.7 Å². The van der Waals surface area contributed by atoms with Gasteiger partial charge in [0.1, 0.15) is 0 Å². The highest BCUT2D eigenvalue weighted by Crippen LogP contribution is 2.26. The summed E-state index contributed by atoms with van der Waals surface area (Å²) in [6.07, 6.45) is 0. The number of rotatable bonds is 8. The highest BCUT2D eigenvalue weighted by atomic mass is 35.5. The summed E-state index contributed by atoms with van der Waals surface area (Å²) < 4.78 is 1.82. The molecular weight excluding hydrogens is 446 g/mol. The first kappa shape index (κ1) is 23.8. The monoisotopic (exact) mass is 471 g/mol. The average molecular weight is 472 g/mol. The Labute approximate surface area is 197 Å². The van der Waals surface area contributed by atoms with Crippen LogP contribution < -0.4 is 10.6 Å². The first-order chi connectivity index (χ1) is 15.3. The standard InChI is InChI=1S/C23H26ClN5O2S/c1-14(2)20(26-22(31)16-9-6-5-7-10-16)21-27-28-23(29(21)4)32-13-19(30)25-18-12-8-11-17(24)15(18)3/h5-12,14,20H,13H2,1-4H3,(H,25,30)(H,26,31)/t20-/m0/s1. The molecule has 0 bridgehead atoms. The lowest BCUT2D eigenvalue weighted by Crippen LogP contribution is -2.33. The third-order valence-electron chi connectivity index (χ3n) is 5.01. The molecule has 3 aromatic rings. The van der Waals surface area contributed by atoms with Crippen molar-refractivity contribution in [3.8, 4) is 0 Å². The molecular formula is C23H26ClN5O2S. The van der Waals surface area contributed by atoms with Crippen LogP contribution in [-0.2, 0) is 11.8 Å². The number of amides is 2. The van der Waals surface area contributed by atoms with E-state index in [0.29, 0.717) is 27.3 Å². The molecule has 2 aromatic carbocycles. The second kappa shape index (κ2) is 10.7. The van der Waals surface area contributed by atoms with Crippen LogP contribution in [0.25, 0.3) is 0 Å². The molecule has 0 spiro atoms. The van der Waals surface area contributed by atoms with E-state index in [2.05, 4.69) is 20.8 Å². The number of carbonyl (C=O) groups is 2. The van der Waals surface area contributed by atoms with E-state index < -0.39 is 0 Å². The first-order valence-corrected chi connectivity index (χ1v) is 11.6. The van der Waals surface area contributed by atoms with Crippen molar-refractivity contribution in [2.75, 3.05) is 11.1 Å². The topological polar surface area (TPSA) is 88.9 Å². The van der Waals surface area contributed by atoms with E-state index in [1.54, 1.807) is 24.3 Å². The number of hydrogen-bond donors (Lipinski definition) is 2.